The minimum Gasteiger partial charge on any atom is -0.466 e. The second-order valence-electron chi connectivity index (χ2n) is 10.4. The number of fused-ring (bicyclic) bond motifs is 1. The molecule has 11 heteroatoms. The maximum atomic E-state index is 15.6. The molecule has 2 aliphatic rings. The summed E-state index contributed by atoms with van der Waals surface area (Å²) < 4.78 is 58.6. The number of rotatable bonds is 9. The van der Waals surface area contributed by atoms with Gasteiger partial charge >= 0.3 is 6.18 Å². The summed E-state index contributed by atoms with van der Waals surface area (Å²) in [7, 11) is 0. The average Bonchev–Trinajstić information content (AvgIpc) is 3.09. The van der Waals surface area contributed by atoms with E-state index in [1.807, 2.05) is 13.0 Å². The van der Waals surface area contributed by atoms with Gasteiger partial charge < -0.3 is 15.0 Å². The highest BCUT2D eigenvalue weighted by Crippen LogP contribution is 2.35. The highest BCUT2D eigenvalue weighted by Gasteiger charge is 2.36. The number of halogens is 4. The highest BCUT2D eigenvalue weighted by atomic mass is 19.4. The molecule has 1 aliphatic carbocycles. The van der Waals surface area contributed by atoms with Gasteiger partial charge in [-0.2, -0.15) is 13.2 Å². The zero-order valence-corrected chi connectivity index (χ0v) is 21.7. The number of nitrogens with one attached hydrogen (secondary N) is 1. The third-order valence-electron chi connectivity index (χ3n) is 7.38. The second kappa shape index (κ2) is 12.4. The number of carbonyl (C=O) groups is 1. The zero-order chi connectivity index (χ0) is 27.2. The number of aryl methyl sites for hydroxylation is 2. The van der Waals surface area contributed by atoms with Crippen LogP contribution in [0.5, 0.6) is 5.88 Å². The monoisotopic (exact) mass is 537 g/mol. The first kappa shape index (κ1) is 28.2. The van der Waals surface area contributed by atoms with E-state index < -0.39 is 18.3 Å². The van der Waals surface area contributed by atoms with E-state index in [2.05, 4.69) is 25.2 Å². The molecule has 0 bridgehead atoms. The zero-order valence-electron chi connectivity index (χ0n) is 21.7. The Balaban J connectivity index is 1.17. The highest BCUT2D eigenvalue weighted by molar-refractivity contribution is 5.77. The van der Waals surface area contributed by atoms with Crippen LogP contribution in [0.2, 0.25) is 0 Å². The van der Waals surface area contributed by atoms with E-state index in [-0.39, 0.29) is 30.9 Å². The molecule has 1 saturated carbocycles. The topological polar surface area (TPSA) is 80.2 Å². The number of carbonyl (C=O) groups excluding carboxylic acids is 1. The molecule has 4 rings (SSSR count). The van der Waals surface area contributed by atoms with Gasteiger partial charge in [-0.05, 0) is 63.5 Å². The SMILES string of the molecule is Cc1cnc(OCC(=O)NC2CCC(F)(CCN3CCc4ccc(CCC(F)(F)F)nc4CC3)CC2)cn1. The lowest BCUT2D eigenvalue weighted by atomic mass is 9.81. The van der Waals surface area contributed by atoms with Crippen molar-refractivity contribution in [2.45, 2.75) is 82.6 Å². The number of aromatic nitrogens is 3. The van der Waals surface area contributed by atoms with Crippen molar-refractivity contribution in [2.75, 3.05) is 26.2 Å². The molecule has 1 fully saturated rings. The van der Waals surface area contributed by atoms with E-state index in [9.17, 15) is 18.0 Å². The van der Waals surface area contributed by atoms with E-state index >= 15 is 4.39 Å². The van der Waals surface area contributed by atoms with E-state index in [0.29, 0.717) is 57.3 Å². The van der Waals surface area contributed by atoms with Crippen molar-refractivity contribution in [1.82, 2.24) is 25.2 Å². The number of ether oxygens (including phenoxy) is 1. The molecule has 2 aromatic heterocycles. The number of pyridine rings is 1. The first-order valence-electron chi connectivity index (χ1n) is 13.2. The summed E-state index contributed by atoms with van der Waals surface area (Å²) in [6.07, 6.45) is 1.61. The van der Waals surface area contributed by atoms with Crippen LogP contribution < -0.4 is 10.1 Å². The molecule has 3 heterocycles. The van der Waals surface area contributed by atoms with Crippen LogP contribution in [0.3, 0.4) is 0 Å². The summed E-state index contributed by atoms with van der Waals surface area (Å²) in [5, 5.41) is 2.93. The maximum absolute atomic E-state index is 15.6. The summed E-state index contributed by atoms with van der Waals surface area (Å²) in [4.78, 5) is 27.1. The largest absolute Gasteiger partial charge is 0.466 e. The van der Waals surface area contributed by atoms with Crippen LogP contribution >= 0.6 is 0 Å². The predicted octanol–water partition coefficient (Wildman–Crippen LogP) is 4.31. The number of hydrogen-bond acceptors (Lipinski definition) is 6. The number of hydrogen-bond donors (Lipinski definition) is 1. The van der Waals surface area contributed by atoms with Crippen LogP contribution in [-0.2, 0) is 24.1 Å². The molecule has 0 atom stereocenters. The summed E-state index contributed by atoms with van der Waals surface area (Å²) in [6.45, 7) is 3.75. The van der Waals surface area contributed by atoms with Gasteiger partial charge in [0.25, 0.3) is 5.91 Å². The molecule has 0 spiro atoms. The molecular formula is C27H35F4N5O2. The van der Waals surface area contributed by atoms with E-state index in [1.165, 1.54) is 6.20 Å². The number of amides is 1. The van der Waals surface area contributed by atoms with Crippen LogP contribution in [0.15, 0.2) is 24.5 Å². The Hall–Kier alpha value is -2.82. The summed E-state index contributed by atoms with van der Waals surface area (Å²) in [6, 6.07) is 3.50. The number of alkyl halides is 4. The normalized spacial score (nSPS) is 22.4. The molecule has 7 nitrogen and oxygen atoms in total. The van der Waals surface area contributed by atoms with Gasteiger partial charge in [-0.15, -0.1) is 0 Å². The fourth-order valence-corrected chi connectivity index (χ4v) is 5.06. The Kier molecular flexibility index (Phi) is 9.17. The van der Waals surface area contributed by atoms with Gasteiger partial charge in [0.2, 0.25) is 5.88 Å². The molecule has 1 N–H and O–H groups in total. The van der Waals surface area contributed by atoms with Crippen molar-refractivity contribution in [3.05, 3.63) is 47.2 Å². The van der Waals surface area contributed by atoms with Crippen molar-refractivity contribution in [1.29, 1.82) is 0 Å². The standard InChI is InChI=1S/C27H35F4N5O2/c1-19-16-33-25(17-32-19)38-18-24(37)35-22-4-9-26(28,10-5-22)12-15-36-13-7-20-2-3-21(6-11-27(29,30)31)34-23(20)8-14-36/h2-3,16-17,22H,4-15,18H2,1H3,(H,35,37). The predicted molar refractivity (Wildman–Crippen MR) is 134 cm³/mol. The van der Waals surface area contributed by atoms with Crippen LogP contribution in [0, 0.1) is 6.92 Å². The van der Waals surface area contributed by atoms with Gasteiger partial charge in [-0.25, -0.2) is 9.37 Å². The third-order valence-corrected chi connectivity index (χ3v) is 7.38. The molecule has 1 amide bonds. The molecule has 0 unspecified atom stereocenters. The van der Waals surface area contributed by atoms with E-state index in [0.717, 1.165) is 29.9 Å². The van der Waals surface area contributed by atoms with Crippen molar-refractivity contribution < 1.29 is 27.1 Å². The first-order chi connectivity index (χ1) is 18.1. The molecule has 2 aromatic rings. The Morgan fingerprint density at radius 3 is 2.63 bits per heavy atom. The van der Waals surface area contributed by atoms with Crippen molar-refractivity contribution in [3.8, 4) is 5.88 Å². The lowest BCUT2D eigenvalue weighted by Gasteiger charge is -2.35. The molecule has 0 radical (unpaired) electrons. The van der Waals surface area contributed by atoms with Gasteiger partial charge in [0.15, 0.2) is 6.61 Å². The van der Waals surface area contributed by atoms with Crippen molar-refractivity contribution in [2.24, 2.45) is 0 Å². The Morgan fingerprint density at radius 1 is 1.16 bits per heavy atom. The van der Waals surface area contributed by atoms with Crippen LogP contribution in [-0.4, -0.2) is 69.9 Å². The van der Waals surface area contributed by atoms with Gasteiger partial charge in [-0.3, -0.25) is 14.8 Å². The lowest BCUT2D eigenvalue weighted by molar-refractivity contribution is -0.134. The fourth-order valence-electron chi connectivity index (χ4n) is 5.06. The Morgan fingerprint density at radius 2 is 1.92 bits per heavy atom. The third kappa shape index (κ3) is 8.61. The molecule has 0 aromatic carbocycles. The minimum atomic E-state index is -4.19. The summed E-state index contributed by atoms with van der Waals surface area (Å²) >= 11 is 0. The molecule has 208 valence electrons. The van der Waals surface area contributed by atoms with E-state index in [4.69, 9.17) is 4.74 Å². The van der Waals surface area contributed by atoms with Crippen molar-refractivity contribution >= 4 is 5.91 Å². The lowest BCUT2D eigenvalue weighted by Crippen LogP contribution is -2.44. The molecule has 0 saturated heterocycles. The summed E-state index contributed by atoms with van der Waals surface area (Å²) in [5.41, 5.74) is 1.88. The Bertz CT molecular complexity index is 1070. The average molecular weight is 538 g/mol. The minimum absolute atomic E-state index is 0.0793. The van der Waals surface area contributed by atoms with Crippen LogP contribution in [0.1, 0.15) is 61.2 Å². The van der Waals surface area contributed by atoms with Gasteiger partial charge in [-0.1, -0.05) is 6.07 Å². The van der Waals surface area contributed by atoms with Gasteiger partial charge in [0.1, 0.15) is 5.67 Å². The fraction of sp³-hybridized carbons (Fsp3) is 0.630. The Labute approximate surface area is 220 Å². The van der Waals surface area contributed by atoms with E-state index in [1.54, 1.807) is 12.3 Å². The number of nitrogens with zero attached hydrogens (tertiary/aromatic N) is 4. The smallest absolute Gasteiger partial charge is 0.389 e. The molecule has 1 aliphatic heterocycles. The molecular weight excluding hydrogens is 502 g/mol. The van der Waals surface area contributed by atoms with Crippen LogP contribution in [0.25, 0.3) is 0 Å². The maximum Gasteiger partial charge on any atom is 0.389 e. The van der Waals surface area contributed by atoms with Crippen LogP contribution in [0.4, 0.5) is 17.6 Å². The van der Waals surface area contributed by atoms with Crippen molar-refractivity contribution in [3.63, 3.8) is 0 Å². The molecule has 38 heavy (non-hydrogen) atoms. The quantitative estimate of drug-likeness (QED) is 0.481. The summed E-state index contributed by atoms with van der Waals surface area (Å²) in [5.74, 6) is 0.0227. The van der Waals surface area contributed by atoms with Gasteiger partial charge in [0.05, 0.1) is 18.1 Å². The first-order valence-corrected chi connectivity index (χ1v) is 13.2. The second-order valence-corrected chi connectivity index (χ2v) is 10.4. The van der Waals surface area contributed by atoms with Gasteiger partial charge in [0, 0.05) is 49.9 Å².